The Morgan fingerprint density at radius 3 is 2.42 bits per heavy atom. The van der Waals surface area contributed by atoms with Gasteiger partial charge in [0.15, 0.2) is 0 Å². The Hall–Kier alpha value is -1.75. The average molecular weight is 431 g/mol. The molecule has 0 aliphatic heterocycles. The number of methoxy groups -OCH3 is 3. The molecule has 31 heavy (non-hydrogen) atoms. The first kappa shape index (κ1) is 22.4. The monoisotopic (exact) mass is 430 g/mol. The molecule has 3 aliphatic carbocycles. The third kappa shape index (κ3) is 3.73. The summed E-state index contributed by atoms with van der Waals surface area (Å²) in [7, 11) is 4.85. The van der Waals surface area contributed by atoms with Crippen LogP contribution in [-0.4, -0.2) is 39.0 Å². The summed E-state index contributed by atoms with van der Waals surface area (Å²) in [5.41, 5.74) is 2.21. The van der Waals surface area contributed by atoms with Gasteiger partial charge in [-0.15, -0.1) is 0 Å². The maximum Gasteiger partial charge on any atom is 0.313 e. The van der Waals surface area contributed by atoms with Gasteiger partial charge in [0, 0.05) is 11.6 Å². The van der Waals surface area contributed by atoms with Crippen molar-refractivity contribution in [2.75, 3.05) is 21.3 Å². The van der Waals surface area contributed by atoms with Crippen molar-refractivity contribution in [1.82, 2.24) is 0 Å². The zero-order valence-corrected chi connectivity index (χ0v) is 20.1. The van der Waals surface area contributed by atoms with Crippen LogP contribution < -0.4 is 9.47 Å². The van der Waals surface area contributed by atoms with E-state index >= 15 is 0 Å². The number of carbonyl (C=O) groups excluding carboxylic acids is 1. The van der Waals surface area contributed by atoms with E-state index in [2.05, 4.69) is 27.7 Å². The van der Waals surface area contributed by atoms with Crippen LogP contribution >= 0.6 is 0 Å². The first-order chi connectivity index (χ1) is 14.6. The zero-order chi connectivity index (χ0) is 22.6. The van der Waals surface area contributed by atoms with Crippen molar-refractivity contribution >= 4 is 5.97 Å². The molecule has 0 bridgehead atoms. The van der Waals surface area contributed by atoms with Gasteiger partial charge in [-0.2, -0.15) is 0 Å². The van der Waals surface area contributed by atoms with Gasteiger partial charge in [-0.25, -0.2) is 0 Å². The molecule has 3 aliphatic rings. The van der Waals surface area contributed by atoms with Crippen LogP contribution in [-0.2, 0) is 14.3 Å². The lowest BCUT2D eigenvalue weighted by Crippen LogP contribution is -2.47. The van der Waals surface area contributed by atoms with Crippen LogP contribution in [0.5, 0.6) is 11.5 Å². The van der Waals surface area contributed by atoms with Crippen LogP contribution in [0.15, 0.2) is 12.1 Å². The maximum absolute atomic E-state index is 12.9. The van der Waals surface area contributed by atoms with E-state index in [9.17, 15) is 4.79 Å². The molecule has 4 rings (SSSR count). The number of carbonyl (C=O) groups is 1. The Kier molecular flexibility index (Phi) is 5.78. The molecule has 0 N–H and O–H groups in total. The molecule has 2 saturated carbocycles. The second-order valence-corrected chi connectivity index (χ2v) is 10.9. The Bertz CT molecular complexity index is 841. The smallest absolute Gasteiger partial charge is 0.313 e. The molecular weight excluding hydrogens is 392 g/mol. The lowest BCUT2D eigenvalue weighted by Gasteiger charge is -2.52. The number of rotatable bonds is 4. The van der Waals surface area contributed by atoms with Crippen molar-refractivity contribution in [3.8, 4) is 11.5 Å². The van der Waals surface area contributed by atoms with Gasteiger partial charge in [0.05, 0.1) is 39.0 Å². The highest BCUT2D eigenvalue weighted by Crippen LogP contribution is 2.64. The molecule has 5 heteroatoms. The number of ether oxygens (including phenoxy) is 4. The standard InChI is InChI=1S/C26H38O5/c1-25(2,3)31-22-9-8-20-17-14-19(24(27)30-7)18-12-15(28-5)13-21(29-6)23(18)16(17)10-11-26(20,22)4/h12-13,16-17,19-20,22H,8-11,14H2,1-7H3/t16-,17+,19+,20-,22-,26-/m0/s1. The van der Waals surface area contributed by atoms with Crippen LogP contribution in [0.2, 0.25) is 0 Å². The van der Waals surface area contributed by atoms with E-state index in [0.717, 1.165) is 49.2 Å². The number of hydrogen-bond acceptors (Lipinski definition) is 5. The highest BCUT2D eigenvalue weighted by Gasteiger charge is 2.57. The molecule has 1 aromatic rings. The molecule has 6 atom stereocenters. The van der Waals surface area contributed by atoms with Crippen molar-refractivity contribution in [3.05, 3.63) is 23.3 Å². The van der Waals surface area contributed by atoms with Gasteiger partial charge in [-0.3, -0.25) is 4.79 Å². The van der Waals surface area contributed by atoms with Gasteiger partial charge in [0.2, 0.25) is 0 Å². The minimum absolute atomic E-state index is 0.145. The second-order valence-electron chi connectivity index (χ2n) is 10.9. The Morgan fingerprint density at radius 2 is 1.81 bits per heavy atom. The Labute approximate surface area is 186 Å². The molecule has 2 fully saturated rings. The van der Waals surface area contributed by atoms with Crippen molar-refractivity contribution in [2.24, 2.45) is 17.3 Å². The molecule has 0 unspecified atom stereocenters. The summed E-state index contributed by atoms with van der Waals surface area (Å²) in [6.45, 7) is 8.87. The van der Waals surface area contributed by atoms with Gasteiger partial charge in [0.25, 0.3) is 0 Å². The predicted molar refractivity (Wildman–Crippen MR) is 120 cm³/mol. The fourth-order valence-electron chi connectivity index (χ4n) is 6.91. The quantitative estimate of drug-likeness (QED) is 0.594. The number of fused-ring (bicyclic) bond motifs is 5. The van der Waals surface area contributed by atoms with Gasteiger partial charge in [0.1, 0.15) is 11.5 Å². The normalized spacial score (nSPS) is 34.4. The summed E-state index contributed by atoms with van der Waals surface area (Å²) in [5.74, 6) is 2.46. The van der Waals surface area contributed by atoms with Crippen LogP contribution in [0, 0.1) is 17.3 Å². The first-order valence-corrected chi connectivity index (χ1v) is 11.6. The van der Waals surface area contributed by atoms with E-state index in [1.54, 1.807) is 14.2 Å². The fraction of sp³-hybridized carbons (Fsp3) is 0.731. The SMILES string of the molecule is COC(=O)[C@@H]1C[C@@H]2[C@H](CC[C@]3(C)[C@@H](OC(C)(C)C)CC[C@@H]23)c2c(OC)cc(OC)cc21. The molecular formula is C26H38O5. The maximum atomic E-state index is 12.9. The summed E-state index contributed by atoms with van der Waals surface area (Å²) in [4.78, 5) is 12.9. The Morgan fingerprint density at radius 1 is 1.06 bits per heavy atom. The predicted octanol–water partition coefficient (Wildman–Crippen LogP) is 5.46. The van der Waals surface area contributed by atoms with E-state index in [1.807, 2.05) is 12.1 Å². The summed E-state index contributed by atoms with van der Waals surface area (Å²) < 4.78 is 23.2. The van der Waals surface area contributed by atoms with Crippen LogP contribution in [0.4, 0.5) is 0 Å². The molecule has 0 aromatic heterocycles. The van der Waals surface area contributed by atoms with Crippen LogP contribution in [0.3, 0.4) is 0 Å². The highest BCUT2D eigenvalue weighted by atomic mass is 16.5. The molecule has 172 valence electrons. The Balaban J connectivity index is 1.76. The largest absolute Gasteiger partial charge is 0.497 e. The molecule has 5 nitrogen and oxygen atoms in total. The lowest BCUT2D eigenvalue weighted by atomic mass is 9.53. The van der Waals surface area contributed by atoms with Gasteiger partial charge < -0.3 is 18.9 Å². The zero-order valence-electron chi connectivity index (χ0n) is 20.1. The van der Waals surface area contributed by atoms with Crippen molar-refractivity contribution in [3.63, 3.8) is 0 Å². The van der Waals surface area contributed by atoms with E-state index < -0.39 is 0 Å². The van der Waals surface area contributed by atoms with Crippen LogP contribution in [0.1, 0.15) is 82.8 Å². The van der Waals surface area contributed by atoms with Crippen molar-refractivity contribution in [2.45, 2.75) is 83.3 Å². The number of benzene rings is 1. The molecule has 1 aromatic carbocycles. The van der Waals surface area contributed by atoms with Crippen molar-refractivity contribution in [1.29, 1.82) is 0 Å². The minimum Gasteiger partial charge on any atom is -0.497 e. The van der Waals surface area contributed by atoms with Crippen LogP contribution in [0.25, 0.3) is 0 Å². The minimum atomic E-state index is -0.282. The molecule has 0 saturated heterocycles. The molecule has 0 radical (unpaired) electrons. The van der Waals surface area contributed by atoms with Crippen molar-refractivity contribution < 1.29 is 23.7 Å². The fourth-order valence-corrected chi connectivity index (χ4v) is 6.91. The third-order valence-corrected chi connectivity index (χ3v) is 8.19. The van der Waals surface area contributed by atoms with E-state index in [0.29, 0.717) is 17.8 Å². The number of esters is 1. The third-order valence-electron chi connectivity index (χ3n) is 8.19. The van der Waals surface area contributed by atoms with Gasteiger partial charge in [-0.1, -0.05) is 6.92 Å². The number of hydrogen-bond donors (Lipinski definition) is 0. The molecule has 0 spiro atoms. The summed E-state index contributed by atoms with van der Waals surface area (Å²) in [6.07, 6.45) is 5.57. The van der Waals surface area contributed by atoms with E-state index in [4.69, 9.17) is 18.9 Å². The van der Waals surface area contributed by atoms with E-state index in [-0.39, 0.29) is 29.0 Å². The summed E-state index contributed by atoms with van der Waals surface area (Å²) >= 11 is 0. The topological polar surface area (TPSA) is 54.0 Å². The first-order valence-electron chi connectivity index (χ1n) is 11.6. The van der Waals surface area contributed by atoms with Gasteiger partial charge in [-0.05, 0) is 87.7 Å². The molecule has 0 amide bonds. The lowest BCUT2D eigenvalue weighted by molar-refractivity contribution is -0.145. The summed E-state index contributed by atoms with van der Waals surface area (Å²) in [5, 5.41) is 0. The average Bonchev–Trinajstić information content (AvgIpc) is 3.06. The van der Waals surface area contributed by atoms with Gasteiger partial charge >= 0.3 is 5.97 Å². The summed E-state index contributed by atoms with van der Waals surface area (Å²) in [6, 6.07) is 3.98. The van der Waals surface area contributed by atoms with E-state index in [1.165, 1.54) is 12.7 Å². The molecule has 0 heterocycles. The highest BCUT2D eigenvalue weighted by molar-refractivity contribution is 5.80. The second kappa shape index (κ2) is 7.99.